The molecule has 0 aromatic carbocycles. The summed E-state index contributed by atoms with van der Waals surface area (Å²) in [6, 6.07) is 4.17. The van der Waals surface area contributed by atoms with Crippen molar-refractivity contribution in [1.29, 1.82) is 0 Å². The molecule has 1 aliphatic heterocycles. The summed E-state index contributed by atoms with van der Waals surface area (Å²) in [6.45, 7) is 7.80. The molecular formula is C20H27N3O2. The number of aromatic nitrogens is 2. The summed E-state index contributed by atoms with van der Waals surface area (Å²) >= 11 is 0. The van der Waals surface area contributed by atoms with Gasteiger partial charge in [-0.15, -0.1) is 0 Å². The molecule has 4 rings (SSSR count). The molecule has 2 fully saturated rings. The largest absolute Gasteiger partial charge is 0.376 e. The summed E-state index contributed by atoms with van der Waals surface area (Å²) < 4.78 is 7.92. The molecule has 134 valence electrons. The van der Waals surface area contributed by atoms with Crippen LogP contribution in [0.1, 0.15) is 62.0 Å². The van der Waals surface area contributed by atoms with E-state index in [2.05, 4.69) is 31.4 Å². The molecule has 0 radical (unpaired) electrons. The molecular weight excluding hydrogens is 314 g/mol. The van der Waals surface area contributed by atoms with Gasteiger partial charge in [-0.2, -0.15) is 0 Å². The van der Waals surface area contributed by atoms with Crippen LogP contribution in [0.3, 0.4) is 0 Å². The zero-order valence-electron chi connectivity index (χ0n) is 15.3. The van der Waals surface area contributed by atoms with Gasteiger partial charge in [-0.1, -0.05) is 6.92 Å². The summed E-state index contributed by atoms with van der Waals surface area (Å²) in [4.78, 5) is 16.4. The normalized spacial score (nSPS) is 31.2. The van der Waals surface area contributed by atoms with Crippen molar-refractivity contribution >= 4 is 17.3 Å². The Bertz CT molecular complexity index is 822. The van der Waals surface area contributed by atoms with Gasteiger partial charge >= 0.3 is 0 Å². The molecule has 2 aliphatic rings. The number of pyridine rings is 1. The number of carbonyl (C=O) groups excluding carboxylic acids is 1. The van der Waals surface area contributed by atoms with E-state index in [1.165, 1.54) is 5.56 Å². The number of hydrogen-bond acceptors (Lipinski definition) is 4. The van der Waals surface area contributed by atoms with Crippen LogP contribution >= 0.6 is 0 Å². The van der Waals surface area contributed by atoms with E-state index in [0.29, 0.717) is 24.1 Å². The molecule has 2 aromatic rings. The van der Waals surface area contributed by atoms with E-state index in [4.69, 9.17) is 15.5 Å². The highest BCUT2D eigenvalue weighted by Gasteiger charge is 2.53. The van der Waals surface area contributed by atoms with Crippen LogP contribution in [-0.2, 0) is 10.3 Å². The lowest BCUT2D eigenvalue weighted by atomic mass is 9.84. The van der Waals surface area contributed by atoms with Crippen molar-refractivity contribution in [3.63, 3.8) is 0 Å². The molecule has 2 aromatic heterocycles. The van der Waals surface area contributed by atoms with Gasteiger partial charge in [0.15, 0.2) is 6.29 Å². The molecule has 0 amide bonds. The van der Waals surface area contributed by atoms with Gasteiger partial charge in [0, 0.05) is 24.7 Å². The van der Waals surface area contributed by atoms with E-state index < -0.39 is 0 Å². The van der Waals surface area contributed by atoms with Gasteiger partial charge in [0.05, 0.1) is 16.8 Å². The number of ether oxygens (including phenoxy) is 1. The second kappa shape index (κ2) is 5.64. The standard InChI is InChI=1S/C20H27N3O2/c1-13-8-20(13,12-21)23-17(11-24)7-15-6-16(10-22-18(15)23)14-4-5-25-19(2,3)9-14/h6-7,10-11,13-14H,4-5,8-9,12,21H2,1-3H3. The number of nitrogens with zero attached hydrogens (tertiary/aromatic N) is 2. The zero-order valence-corrected chi connectivity index (χ0v) is 15.3. The van der Waals surface area contributed by atoms with Gasteiger partial charge < -0.3 is 15.0 Å². The van der Waals surface area contributed by atoms with E-state index in [1.807, 2.05) is 12.3 Å². The lowest BCUT2D eigenvalue weighted by molar-refractivity contribution is -0.0593. The second-order valence-electron chi connectivity index (χ2n) is 8.41. The molecule has 2 N–H and O–H groups in total. The highest BCUT2D eigenvalue weighted by molar-refractivity contribution is 5.87. The summed E-state index contributed by atoms with van der Waals surface area (Å²) in [5.74, 6) is 0.927. The summed E-state index contributed by atoms with van der Waals surface area (Å²) in [7, 11) is 0. The molecule has 1 aliphatic carbocycles. The van der Waals surface area contributed by atoms with Crippen LogP contribution in [0.2, 0.25) is 0 Å². The number of aldehydes is 1. The van der Waals surface area contributed by atoms with Crippen molar-refractivity contribution in [1.82, 2.24) is 9.55 Å². The van der Waals surface area contributed by atoms with Crippen molar-refractivity contribution in [2.75, 3.05) is 13.2 Å². The Kier molecular flexibility index (Phi) is 3.78. The fourth-order valence-electron chi connectivity index (χ4n) is 4.58. The molecule has 5 heteroatoms. The van der Waals surface area contributed by atoms with E-state index in [0.717, 1.165) is 43.2 Å². The summed E-state index contributed by atoms with van der Waals surface area (Å²) in [6.07, 6.45) is 5.93. The minimum atomic E-state index is -0.146. The van der Waals surface area contributed by atoms with Crippen LogP contribution in [0.5, 0.6) is 0 Å². The Morgan fingerprint density at radius 2 is 2.16 bits per heavy atom. The Balaban J connectivity index is 1.77. The fraction of sp³-hybridized carbons (Fsp3) is 0.600. The Morgan fingerprint density at radius 3 is 2.76 bits per heavy atom. The first-order chi connectivity index (χ1) is 11.9. The van der Waals surface area contributed by atoms with Crippen molar-refractivity contribution in [2.24, 2.45) is 11.7 Å². The molecule has 3 heterocycles. The quantitative estimate of drug-likeness (QED) is 0.867. The van der Waals surface area contributed by atoms with Gasteiger partial charge in [-0.25, -0.2) is 4.98 Å². The molecule has 0 bridgehead atoms. The maximum absolute atomic E-state index is 11.7. The molecule has 3 atom stereocenters. The van der Waals surface area contributed by atoms with Crippen LogP contribution < -0.4 is 5.73 Å². The molecule has 1 saturated heterocycles. The SMILES string of the molecule is CC1CC1(CN)n1c(C=O)cc2cc(C3CCOC(C)(C)C3)cnc21. The maximum Gasteiger partial charge on any atom is 0.166 e. The Labute approximate surface area is 148 Å². The summed E-state index contributed by atoms with van der Waals surface area (Å²) in [5, 5.41) is 1.04. The lowest BCUT2D eigenvalue weighted by Crippen LogP contribution is -2.33. The number of fused-ring (bicyclic) bond motifs is 1. The molecule has 0 spiro atoms. The van der Waals surface area contributed by atoms with E-state index >= 15 is 0 Å². The predicted molar refractivity (Wildman–Crippen MR) is 97.9 cm³/mol. The maximum atomic E-state index is 11.7. The minimum absolute atomic E-state index is 0.0924. The van der Waals surface area contributed by atoms with E-state index in [-0.39, 0.29) is 11.1 Å². The van der Waals surface area contributed by atoms with Crippen LogP contribution in [-0.4, -0.2) is 34.6 Å². The van der Waals surface area contributed by atoms with Crippen molar-refractivity contribution in [2.45, 2.75) is 57.1 Å². The zero-order chi connectivity index (χ0) is 17.8. The molecule has 5 nitrogen and oxygen atoms in total. The van der Waals surface area contributed by atoms with Gasteiger partial charge in [-0.05, 0) is 62.6 Å². The average molecular weight is 341 g/mol. The van der Waals surface area contributed by atoms with Crippen LogP contribution in [0.25, 0.3) is 11.0 Å². The van der Waals surface area contributed by atoms with Gasteiger partial charge in [0.1, 0.15) is 5.65 Å². The third kappa shape index (κ3) is 2.61. The first-order valence-electron chi connectivity index (χ1n) is 9.21. The second-order valence-corrected chi connectivity index (χ2v) is 8.41. The van der Waals surface area contributed by atoms with Gasteiger partial charge in [-0.3, -0.25) is 4.79 Å². The third-order valence-corrected chi connectivity index (χ3v) is 6.19. The monoisotopic (exact) mass is 341 g/mol. The number of carbonyl (C=O) groups is 1. The first kappa shape index (κ1) is 16.7. The summed E-state index contributed by atoms with van der Waals surface area (Å²) in [5.41, 5.74) is 8.63. The Hall–Kier alpha value is -1.72. The smallest absolute Gasteiger partial charge is 0.166 e. The molecule has 1 saturated carbocycles. The number of hydrogen-bond donors (Lipinski definition) is 1. The molecule has 25 heavy (non-hydrogen) atoms. The number of rotatable bonds is 4. The molecule has 3 unspecified atom stereocenters. The fourth-order valence-corrected chi connectivity index (χ4v) is 4.58. The minimum Gasteiger partial charge on any atom is -0.376 e. The third-order valence-electron chi connectivity index (χ3n) is 6.19. The highest BCUT2D eigenvalue weighted by atomic mass is 16.5. The predicted octanol–water partition coefficient (Wildman–Crippen LogP) is 3.22. The van der Waals surface area contributed by atoms with Crippen molar-refractivity contribution in [3.05, 3.63) is 29.6 Å². The van der Waals surface area contributed by atoms with Crippen LogP contribution in [0.15, 0.2) is 18.3 Å². The van der Waals surface area contributed by atoms with Crippen LogP contribution in [0.4, 0.5) is 0 Å². The van der Waals surface area contributed by atoms with Gasteiger partial charge in [0.2, 0.25) is 0 Å². The van der Waals surface area contributed by atoms with Crippen LogP contribution in [0, 0.1) is 5.92 Å². The van der Waals surface area contributed by atoms with E-state index in [9.17, 15) is 4.79 Å². The Morgan fingerprint density at radius 1 is 1.40 bits per heavy atom. The first-order valence-corrected chi connectivity index (χ1v) is 9.21. The van der Waals surface area contributed by atoms with E-state index in [1.54, 1.807) is 0 Å². The van der Waals surface area contributed by atoms with Crippen molar-refractivity contribution in [3.8, 4) is 0 Å². The lowest BCUT2D eigenvalue weighted by Gasteiger charge is -2.35. The topological polar surface area (TPSA) is 70.1 Å². The highest BCUT2D eigenvalue weighted by Crippen LogP contribution is 2.51. The van der Waals surface area contributed by atoms with Gasteiger partial charge in [0.25, 0.3) is 0 Å². The van der Waals surface area contributed by atoms with Crippen molar-refractivity contribution < 1.29 is 9.53 Å². The number of nitrogens with two attached hydrogens (primary N) is 1. The average Bonchev–Trinajstić information content (AvgIpc) is 3.10.